The van der Waals surface area contributed by atoms with Gasteiger partial charge in [0.2, 0.25) is 0 Å². The summed E-state index contributed by atoms with van der Waals surface area (Å²) < 4.78 is 76.6. The highest BCUT2D eigenvalue weighted by Gasteiger charge is 2.38. The predicted molar refractivity (Wildman–Crippen MR) is 91.4 cm³/mol. The number of hydrogen-bond donors (Lipinski definition) is 0. The molecule has 0 saturated carbocycles. The fourth-order valence-electron chi connectivity index (χ4n) is 2.65. The van der Waals surface area contributed by atoms with Crippen molar-refractivity contribution in [3.63, 3.8) is 0 Å². The molecule has 0 fully saturated rings. The van der Waals surface area contributed by atoms with E-state index in [1.807, 2.05) is 6.92 Å². The maximum atomic E-state index is 14.1. The second kappa shape index (κ2) is 7.46. The maximum Gasteiger partial charge on any atom is 0.422 e. The number of halogens is 5. The van der Waals surface area contributed by atoms with E-state index in [0.717, 1.165) is 18.2 Å². The fraction of sp³-hybridized carbons (Fsp3) is 0.150. The minimum Gasteiger partial charge on any atom is -0.494 e. The number of ether oxygens (including phenoxy) is 2. The molecule has 3 aromatic carbocycles. The first-order chi connectivity index (χ1) is 13.2. The van der Waals surface area contributed by atoms with Gasteiger partial charge in [-0.1, -0.05) is 0 Å². The zero-order valence-electron chi connectivity index (χ0n) is 14.4. The van der Waals surface area contributed by atoms with Crippen molar-refractivity contribution >= 4 is 16.7 Å². The monoisotopic (exact) mass is 396 g/mol. The van der Waals surface area contributed by atoms with Crippen LogP contribution in [0.3, 0.4) is 0 Å². The molecule has 0 amide bonds. The highest BCUT2D eigenvalue weighted by atomic mass is 19.4. The van der Waals surface area contributed by atoms with Crippen LogP contribution in [0.5, 0.6) is 11.5 Å². The molecule has 0 atom stereocenters. The van der Waals surface area contributed by atoms with E-state index in [4.69, 9.17) is 9.47 Å². The summed E-state index contributed by atoms with van der Waals surface area (Å²) in [4.78, 5) is 12.2. The lowest BCUT2D eigenvalue weighted by Gasteiger charge is -2.12. The number of fused-ring (bicyclic) bond motifs is 1. The largest absolute Gasteiger partial charge is 0.494 e. The lowest BCUT2D eigenvalue weighted by molar-refractivity contribution is -0.142. The lowest BCUT2D eigenvalue weighted by atomic mass is 10.0. The molecule has 0 aromatic heterocycles. The van der Waals surface area contributed by atoms with Gasteiger partial charge in [-0.05, 0) is 60.8 Å². The number of alkyl halides is 3. The molecule has 0 aliphatic rings. The summed E-state index contributed by atoms with van der Waals surface area (Å²) in [6, 6.07) is 9.88. The quantitative estimate of drug-likeness (QED) is 0.320. The van der Waals surface area contributed by atoms with E-state index >= 15 is 0 Å². The third-order valence-electron chi connectivity index (χ3n) is 3.90. The van der Waals surface area contributed by atoms with Crippen LogP contribution in [0.15, 0.2) is 48.5 Å². The van der Waals surface area contributed by atoms with Crippen molar-refractivity contribution in [3.05, 3.63) is 71.3 Å². The molecule has 0 unspecified atom stereocenters. The van der Waals surface area contributed by atoms with Crippen LogP contribution in [-0.2, 0) is 6.18 Å². The van der Waals surface area contributed by atoms with E-state index in [1.165, 1.54) is 12.1 Å². The molecule has 0 radical (unpaired) electrons. The van der Waals surface area contributed by atoms with Crippen LogP contribution in [0.4, 0.5) is 22.0 Å². The average Bonchev–Trinajstić information content (AvgIpc) is 2.61. The minimum absolute atomic E-state index is 0.0649. The molecule has 28 heavy (non-hydrogen) atoms. The highest BCUT2D eigenvalue weighted by molar-refractivity contribution is 5.92. The molecule has 0 heterocycles. The van der Waals surface area contributed by atoms with E-state index in [-0.39, 0.29) is 16.7 Å². The van der Waals surface area contributed by atoms with E-state index in [2.05, 4.69) is 0 Å². The third kappa shape index (κ3) is 3.90. The van der Waals surface area contributed by atoms with E-state index < -0.39 is 34.7 Å². The van der Waals surface area contributed by atoms with Crippen LogP contribution in [0, 0.1) is 11.6 Å². The maximum absolute atomic E-state index is 14.1. The average molecular weight is 396 g/mol. The number of carbonyl (C=O) groups excluding carboxylic acids is 1. The SMILES string of the molecule is CCOc1ccc(C(=O)Oc2ccc3c(F)c(C(F)(F)F)c(F)cc3c2)cc1. The topological polar surface area (TPSA) is 35.5 Å². The highest BCUT2D eigenvalue weighted by Crippen LogP contribution is 2.37. The summed E-state index contributed by atoms with van der Waals surface area (Å²) in [5, 5.41) is -0.602. The standard InChI is InChI=1S/C20H13F5O3/c1-2-27-13-5-3-11(4-6-13)19(26)28-14-7-8-15-12(9-14)10-16(21)17(18(15)22)20(23,24)25/h3-10H,2H2,1H3. The van der Waals surface area contributed by atoms with Crippen LogP contribution in [0.1, 0.15) is 22.8 Å². The molecule has 0 aliphatic carbocycles. The van der Waals surface area contributed by atoms with Gasteiger partial charge < -0.3 is 9.47 Å². The number of carbonyl (C=O) groups is 1. The Morgan fingerprint density at radius 1 is 0.964 bits per heavy atom. The van der Waals surface area contributed by atoms with Gasteiger partial charge in [0, 0.05) is 5.39 Å². The smallest absolute Gasteiger partial charge is 0.422 e. The van der Waals surface area contributed by atoms with Gasteiger partial charge in [0.15, 0.2) is 0 Å². The van der Waals surface area contributed by atoms with E-state index in [1.54, 1.807) is 12.1 Å². The lowest BCUT2D eigenvalue weighted by Crippen LogP contribution is -2.12. The van der Waals surface area contributed by atoms with Gasteiger partial charge in [-0.3, -0.25) is 0 Å². The summed E-state index contributed by atoms with van der Waals surface area (Å²) in [7, 11) is 0. The van der Waals surface area contributed by atoms with Crippen molar-refractivity contribution in [1.82, 2.24) is 0 Å². The first kappa shape index (κ1) is 19.6. The molecule has 0 saturated heterocycles. The van der Waals surface area contributed by atoms with Crippen molar-refractivity contribution in [2.75, 3.05) is 6.61 Å². The number of rotatable bonds is 4. The van der Waals surface area contributed by atoms with E-state index in [0.29, 0.717) is 18.4 Å². The summed E-state index contributed by atoms with van der Waals surface area (Å²) in [5.41, 5.74) is -1.76. The van der Waals surface area contributed by atoms with Crippen LogP contribution in [0.2, 0.25) is 0 Å². The van der Waals surface area contributed by atoms with Crippen molar-refractivity contribution in [2.24, 2.45) is 0 Å². The van der Waals surface area contributed by atoms with Crippen molar-refractivity contribution in [3.8, 4) is 11.5 Å². The Labute approximate surface area is 156 Å². The van der Waals surface area contributed by atoms with Gasteiger partial charge >= 0.3 is 12.1 Å². The molecule has 3 nitrogen and oxygen atoms in total. The Morgan fingerprint density at radius 3 is 2.21 bits per heavy atom. The Bertz CT molecular complexity index is 1030. The van der Waals surface area contributed by atoms with Gasteiger partial charge in [-0.2, -0.15) is 13.2 Å². The Morgan fingerprint density at radius 2 is 1.61 bits per heavy atom. The normalized spacial score (nSPS) is 11.5. The van der Waals surface area contributed by atoms with Crippen LogP contribution in [-0.4, -0.2) is 12.6 Å². The molecule has 0 N–H and O–H groups in total. The zero-order chi connectivity index (χ0) is 20.5. The fourth-order valence-corrected chi connectivity index (χ4v) is 2.65. The van der Waals surface area contributed by atoms with Gasteiger partial charge in [0.1, 0.15) is 28.7 Å². The minimum atomic E-state index is -5.17. The number of hydrogen-bond acceptors (Lipinski definition) is 3. The second-order valence-electron chi connectivity index (χ2n) is 5.77. The summed E-state index contributed by atoms with van der Waals surface area (Å²) >= 11 is 0. The Hall–Kier alpha value is -3.16. The van der Waals surface area contributed by atoms with Gasteiger partial charge in [-0.25, -0.2) is 13.6 Å². The first-order valence-corrected chi connectivity index (χ1v) is 8.14. The molecule has 146 valence electrons. The van der Waals surface area contributed by atoms with E-state index in [9.17, 15) is 26.7 Å². The summed E-state index contributed by atoms with van der Waals surface area (Å²) in [6.45, 7) is 2.27. The van der Waals surface area contributed by atoms with Crippen molar-refractivity contribution in [1.29, 1.82) is 0 Å². The summed E-state index contributed by atoms with van der Waals surface area (Å²) in [5.74, 6) is -3.70. The second-order valence-corrected chi connectivity index (χ2v) is 5.77. The first-order valence-electron chi connectivity index (χ1n) is 8.14. The molecule has 0 aliphatic heterocycles. The molecule has 3 aromatic rings. The molecular weight excluding hydrogens is 383 g/mol. The van der Waals surface area contributed by atoms with Crippen LogP contribution < -0.4 is 9.47 Å². The van der Waals surface area contributed by atoms with Crippen LogP contribution in [0.25, 0.3) is 10.8 Å². The van der Waals surface area contributed by atoms with Gasteiger partial charge in [-0.15, -0.1) is 0 Å². The van der Waals surface area contributed by atoms with Crippen LogP contribution >= 0.6 is 0 Å². The zero-order valence-corrected chi connectivity index (χ0v) is 14.4. The predicted octanol–water partition coefficient (Wildman–Crippen LogP) is 5.75. The van der Waals surface area contributed by atoms with Gasteiger partial charge in [0.05, 0.1) is 12.2 Å². The molecular formula is C20H13F5O3. The molecule has 0 spiro atoms. The van der Waals surface area contributed by atoms with Crippen molar-refractivity contribution < 1.29 is 36.2 Å². The Kier molecular flexibility index (Phi) is 5.22. The number of benzene rings is 3. The van der Waals surface area contributed by atoms with Gasteiger partial charge in [0.25, 0.3) is 0 Å². The molecule has 3 rings (SSSR count). The molecule has 0 bridgehead atoms. The Balaban J connectivity index is 1.89. The van der Waals surface area contributed by atoms with Crippen molar-refractivity contribution in [2.45, 2.75) is 13.1 Å². The summed E-state index contributed by atoms with van der Waals surface area (Å²) in [6.07, 6.45) is -5.17. The molecule has 8 heteroatoms. The third-order valence-corrected chi connectivity index (χ3v) is 3.90. The number of esters is 1.